The number of rotatable bonds is 2. The summed E-state index contributed by atoms with van der Waals surface area (Å²) >= 11 is 0. The Morgan fingerprint density at radius 2 is 2.00 bits per heavy atom. The van der Waals surface area contributed by atoms with Gasteiger partial charge in [-0.3, -0.25) is 9.48 Å². The molecule has 4 rings (SSSR count). The van der Waals surface area contributed by atoms with Gasteiger partial charge in [0.15, 0.2) is 0 Å². The maximum atomic E-state index is 13.2. The molecule has 1 amide bonds. The molecule has 3 aromatic rings. The number of aromatic nitrogens is 5. The third-order valence-electron chi connectivity index (χ3n) is 5.27. The van der Waals surface area contributed by atoms with E-state index in [1.807, 2.05) is 48.8 Å². The van der Waals surface area contributed by atoms with E-state index in [9.17, 15) is 4.79 Å². The first-order valence-corrected chi connectivity index (χ1v) is 8.58. The lowest BCUT2D eigenvalue weighted by Crippen LogP contribution is -2.31. The van der Waals surface area contributed by atoms with Crippen LogP contribution >= 0.6 is 0 Å². The molecular weight excluding hydrogens is 316 g/mol. The zero-order valence-corrected chi connectivity index (χ0v) is 15.0. The van der Waals surface area contributed by atoms with Gasteiger partial charge in [-0.05, 0) is 44.9 Å². The second-order valence-electron chi connectivity index (χ2n) is 6.78. The second kappa shape index (κ2) is 5.68. The number of hydrogen-bond acceptors (Lipinski definition) is 4. The fourth-order valence-corrected chi connectivity index (χ4v) is 3.92. The minimum atomic E-state index is 0.0534. The number of hydrogen-bond donors (Lipinski definition) is 0. The van der Waals surface area contributed by atoms with Gasteiger partial charge in [0.25, 0.3) is 5.91 Å². The Balaban J connectivity index is 1.70. The van der Waals surface area contributed by atoms with Gasteiger partial charge in [0.05, 0.1) is 17.3 Å². The number of benzene rings is 1. The molecule has 130 valence electrons. The number of amides is 1. The molecule has 7 heteroatoms. The Kier molecular flexibility index (Phi) is 3.59. The molecule has 1 atom stereocenters. The first-order valence-electron chi connectivity index (χ1n) is 8.58. The summed E-state index contributed by atoms with van der Waals surface area (Å²) in [6.45, 7) is 4.87. The van der Waals surface area contributed by atoms with Crippen molar-refractivity contribution in [2.75, 3.05) is 6.54 Å². The smallest absolute Gasteiger partial charge is 0.254 e. The zero-order valence-electron chi connectivity index (χ0n) is 15.0. The highest BCUT2D eigenvalue weighted by Crippen LogP contribution is 2.36. The van der Waals surface area contributed by atoms with Crippen molar-refractivity contribution in [2.24, 2.45) is 14.1 Å². The highest BCUT2D eigenvalue weighted by Gasteiger charge is 2.34. The van der Waals surface area contributed by atoms with Crippen LogP contribution in [0.15, 0.2) is 18.2 Å². The van der Waals surface area contributed by atoms with Gasteiger partial charge in [0, 0.05) is 37.5 Å². The van der Waals surface area contributed by atoms with E-state index in [1.165, 1.54) is 5.56 Å². The molecule has 1 aliphatic rings. The van der Waals surface area contributed by atoms with E-state index >= 15 is 0 Å². The van der Waals surface area contributed by atoms with Crippen molar-refractivity contribution >= 4 is 16.9 Å². The number of likely N-dealkylation sites (tertiary alicyclic amines) is 1. The van der Waals surface area contributed by atoms with Crippen molar-refractivity contribution in [3.63, 3.8) is 0 Å². The van der Waals surface area contributed by atoms with Gasteiger partial charge >= 0.3 is 0 Å². The van der Waals surface area contributed by atoms with E-state index in [4.69, 9.17) is 0 Å². The maximum absolute atomic E-state index is 13.2. The lowest BCUT2D eigenvalue weighted by atomic mass is 10.0. The first kappa shape index (κ1) is 15.8. The average molecular weight is 338 g/mol. The van der Waals surface area contributed by atoms with Crippen LogP contribution in [0.1, 0.15) is 46.2 Å². The Morgan fingerprint density at radius 1 is 1.20 bits per heavy atom. The Labute approximate surface area is 146 Å². The molecule has 0 unspecified atom stereocenters. The van der Waals surface area contributed by atoms with Gasteiger partial charge in [-0.15, -0.1) is 5.10 Å². The number of nitrogens with zero attached hydrogens (tertiary/aromatic N) is 6. The van der Waals surface area contributed by atoms with E-state index in [-0.39, 0.29) is 11.9 Å². The molecule has 7 nitrogen and oxygen atoms in total. The zero-order chi connectivity index (χ0) is 17.7. The molecule has 1 aromatic carbocycles. The standard InChI is InChI=1S/C18H22N6O/c1-11-17(12(2)22(3)20-11)16-6-5-9-24(16)18(25)13-7-8-15-14(10-13)19-21-23(15)4/h7-8,10,16H,5-6,9H2,1-4H3/t16-/m0/s1. The summed E-state index contributed by atoms with van der Waals surface area (Å²) in [5, 5.41) is 12.7. The third-order valence-corrected chi connectivity index (χ3v) is 5.27. The van der Waals surface area contributed by atoms with Gasteiger partial charge < -0.3 is 4.90 Å². The fraction of sp³-hybridized carbons (Fsp3) is 0.444. The first-order chi connectivity index (χ1) is 12.0. The monoisotopic (exact) mass is 338 g/mol. The normalized spacial score (nSPS) is 17.6. The van der Waals surface area contributed by atoms with Gasteiger partial charge in [-0.1, -0.05) is 5.21 Å². The van der Waals surface area contributed by atoms with Crippen LogP contribution in [0.4, 0.5) is 0 Å². The Morgan fingerprint density at radius 3 is 2.72 bits per heavy atom. The summed E-state index contributed by atoms with van der Waals surface area (Å²) in [6, 6.07) is 5.71. The number of fused-ring (bicyclic) bond motifs is 1. The summed E-state index contributed by atoms with van der Waals surface area (Å²) in [6.07, 6.45) is 1.99. The van der Waals surface area contributed by atoms with Crippen LogP contribution in [-0.4, -0.2) is 42.1 Å². The SMILES string of the molecule is Cc1nn(C)c(C)c1[C@@H]1CCCN1C(=O)c1ccc2c(c1)nnn2C. The number of aryl methyl sites for hydroxylation is 3. The minimum Gasteiger partial charge on any atom is -0.331 e. The number of carbonyl (C=O) groups is 1. The van der Waals surface area contributed by atoms with Crippen LogP contribution in [0.2, 0.25) is 0 Å². The Hall–Kier alpha value is -2.70. The van der Waals surface area contributed by atoms with Gasteiger partial charge in [-0.25, -0.2) is 4.68 Å². The van der Waals surface area contributed by atoms with E-state index in [0.29, 0.717) is 5.56 Å². The van der Waals surface area contributed by atoms with Crippen LogP contribution < -0.4 is 0 Å². The number of carbonyl (C=O) groups excluding carboxylic acids is 1. The van der Waals surface area contributed by atoms with Gasteiger partial charge in [0.2, 0.25) is 0 Å². The Bertz CT molecular complexity index is 970. The van der Waals surface area contributed by atoms with Crippen molar-refractivity contribution in [3.8, 4) is 0 Å². The molecule has 1 fully saturated rings. The molecule has 0 bridgehead atoms. The topological polar surface area (TPSA) is 68.8 Å². The molecular formula is C18H22N6O. The second-order valence-corrected chi connectivity index (χ2v) is 6.78. The highest BCUT2D eigenvalue weighted by molar-refractivity contribution is 5.97. The molecule has 0 saturated carbocycles. The quantitative estimate of drug-likeness (QED) is 0.719. The minimum absolute atomic E-state index is 0.0534. The molecule has 3 heterocycles. The summed E-state index contributed by atoms with van der Waals surface area (Å²) < 4.78 is 3.61. The molecule has 25 heavy (non-hydrogen) atoms. The molecule has 0 aliphatic carbocycles. The third kappa shape index (κ3) is 2.42. The molecule has 0 radical (unpaired) electrons. The van der Waals surface area contributed by atoms with Crippen LogP contribution in [-0.2, 0) is 14.1 Å². The van der Waals surface area contributed by atoms with Crippen LogP contribution in [0.5, 0.6) is 0 Å². The summed E-state index contributed by atoms with van der Waals surface area (Å²) in [4.78, 5) is 15.1. The van der Waals surface area contributed by atoms with Crippen molar-refractivity contribution in [1.82, 2.24) is 29.7 Å². The molecule has 2 aromatic heterocycles. The van der Waals surface area contributed by atoms with E-state index < -0.39 is 0 Å². The predicted molar refractivity (Wildman–Crippen MR) is 94.2 cm³/mol. The summed E-state index contributed by atoms with van der Waals surface area (Å²) in [5.41, 5.74) is 5.67. The molecule has 1 saturated heterocycles. The maximum Gasteiger partial charge on any atom is 0.254 e. The molecule has 0 N–H and O–H groups in total. The van der Waals surface area contributed by atoms with Crippen LogP contribution in [0, 0.1) is 13.8 Å². The van der Waals surface area contributed by atoms with E-state index in [0.717, 1.165) is 41.8 Å². The van der Waals surface area contributed by atoms with Crippen molar-refractivity contribution in [1.29, 1.82) is 0 Å². The van der Waals surface area contributed by atoms with E-state index in [2.05, 4.69) is 22.3 Å². The van der Waals surface area contributed by atoms with Crippen molar-refractivity contribution in [3.05, 3.63) is 40.7 Å². The average Bonchev–Trinajstić information content (AvgIpc) is 3.26. The lowest BCUT2D eigenvalue weighted by Gasteiger charge is -2.25. The van der Waals surface area contributed by atoms with Gasteiger partial charge in [-0.2, -0.15) is 5.10 Å². The summed E-state index contributed by atoms with van der Waals surface area (Å²) in [7, 11) is 3.80. The largest absolute Gasteiger partial charge is 0.331 e. The lowest BCUT2D eigenvalue weighted by molar-refractivity contribution is 0.0735. The molecule has 0 spiro atoms. The molecule has 1 aliphatic heterocycles. The van der Waals surface area contributed by atoms with E-state index in [1.54, 1.807) is 4.68 Å². The van der Waals surface area contributed by atoms with Crippen molar-refractivity contribution < 1.29 is 4.79 Å². The van der Waals surface area contributed by atoms with Gasteiger partial charge in [0.1, 0.15) is 5.52 Å². The fourth-order valence-electron chi connectivity index (χ4n) is 3.92. The van der Waals surface area contributed by atoms with Crippen molar-refractivity contribution in [2.45, 2.75) is 32.7 Å². The van der Waals surface area contributed by atoms with Crippen LogP contribution in [0.25, 0.3) is 11.0 Å². The highest BCUT2D eigenvalue weighted by atomic mass is 16.2. The van der Waals surface area contributed by atoms with Crippen LogP contribution in [0.3, 0.4) is 0 Å². The summed E-state index contributed by atoms with van der Waals surface area (Å²) in [5.74, 6) is 0.0534. The predicted octanol–water partition coefficient (Wildman–Crippen LogP) is 2.30.